The van der Waals surface area contributed by atoms with Crippen LogP contribution in [0.2, 0.25) is 0 Å². The summed E-state index contributed by atoms with van der Waals surface area (Å²) >= 11 is 0. The van der Waals surface area contributed by atoms with Gasteiger partial charge in [0.25, 0.3) is 0 Å². The van der Waals surface area contributed by atoms with Gasteiger partial charge in [0.2, 0.25) is 0 Å². The highest BCUT2D eigenvalue weighted by molar-refractivity contribution is 4.94. The molecular formula is C15H28O9. The van der Waals surface area contributed by atoms with Gasteiger partial charge in [-0.15, -0.1) is 0 Å². The topological polar surface area (TPSA) is 94.1 Å². The Labute approximate surface area is 142 Å². The summed E-state index contributed by atoms with van der Waals surface area (Å²) in [5.41, 5.74) is 0. The van der Waals surface area contributed by atoms with Gasteiger partial charge < -0.3 is 43.0 Å². The second-order valence-corrected chi connectivity index (χ2v) is 5.66. The predicted octanol–water partition coefficient (Wildman–Crippen LogP) is -0.848. The predicted molar refractivity (Wildman–Crippen MR) is 80.6 cm³/mol. The van der Waals surface area contributed by atoms with Crippen molar-refractivity contribution in [1.29, 1.82) is 0 Å². The lowest BCUT2D eigenvalue weighted by Crippen LogP contribution is -2.45. The van der Waals surface area contributed by atoms with Gasteiger partial charge in [0.15, 0.2) is 12.6 Å². The van der Waals surface area contributed by atoms with E-state index in [1.807, 2.05) is 0 Å². The first-order valence-corrected chi connectivity index (χ1v) is 7.82. The van der Waals surface area contributed by atoms with Crippen LogP contribution < -0.4 is 0 Å². The van der Waals surface area contributed by atoms with Crippen molar-refractivity contribution < 1.29 is 43.0 Å². The van der Waals surface area contributed by atoms with E-state index in [1.165, 1.54) is 14.2 Å². The number of aliphatic hydroxyl groups excluding tert-OH is 1. The zero-order valence-corrected chi connectivity index (χ0v) is 14.7. The number of hydrogen-bond acceptors (Lipinski definition) is 9. The lowest BCUT2D eigenvalue weighted by Gasteiger charge is -2.28. The van der Waals surface area contributed by atoms with Crippen LogP contribution in [-0.2, 0) is 37.9 Å². The first-order valence-electron chi connectivity index (χ1n) is 7.82. The smallest absolute Gasteiger partial charge is 0.187 e. The van der Waals surface area contributed by atoms with E-state index in [0.29, 0.717) is 6.61 Å². The average molecular weight is 352 g/mol. The molecular weight excluding hydrogens is 324 g/mol. The van der Waals surface area contributed by atoms with Gasteiger partial charge in [0.05, 0.1) is 13.2 Å². The van der Waals surface area contributed by atoms with Gasteiger partial charge in [0, 0.05) is 35.5 Å². The van der Waals surface area contributed by atoms with E-state index >= 15 is 0 Å². The van der Waals surface area contributed by atoms with Crippen LogP contribution >= 0.6 is 0 Å². The third-order valence-electron chi connectivity index (χ3n) is 4.39. The third-order valence-corrected chi connectivity index (χ3v) is 4.39. The van der Waals surface area contributed by atoms with E-state index < -0.39 is 37.0 Å². The molecule has 0 radical (unpaired) electrons. The first kappa shape index (κ1) is 20.0. The van der Waals surface area contributed by atoms with Gasteiger partial charge in [-0.2, -0.15) is 0 Å². The maximum absolute atomic E-state index is 9.56. The van der Waals surface area contributed by atoms with Crippen molar-refractivity contribution >= 4 is 0 Å². The molecule has 9 nitrogen and oxygen atoms in total. The molecule has 2 saturated heterocycles. The molecule has 2 fully saturated rings. The van der Waals surface area contributed by atoms with Crippen LogP contribution in [0.15, 0.2) is 0 Å². The molecule has 24 heavy (non-hydrogen) atoms. The van der Waals surface area contributed by atoms with E-state index in [4.69, 9.17) is 37.9 Å². The van der Waals surface area contributed by atoms with E-state index in [2.05, 4.69) is 0 Å². The highest BCUT2D eigenvalue weighted by atomic mass is 16.8. The minimum atomic E-state index is -0.712. The summed E-state index contributed by atoms with van der Waals surface area (Å²) in [6, 6.07) is 0. The largest absolute Gasteiger partial charge is 0.394 e. The lowest BCUT2D eigenvalue weighted by atomic mass is 10.1. The normalized spacial score (nSPS) is 42.8. The van der Waals surface area contributed by atoms with Crippen LogP contribution in [0, 0.1) is 0 Å². The van der Waals surface area contributed by atoms with Crippen LogP contribution in [0.3, 0.4) is 0 Å². The molecule has 0 amide bonds. The maximum Gasteiger partial charge on any atom is 0.187 e. The molecule has 0 saturated carbocycles. The van der Waals surface area contributed by atoms with E-state index in [9.17, 15) is 5.11 Å². The van der Waals surface area contributed by atoms with Gasteiger partial charge in [-0.3, -0.25) is 0 Å². The summed E-state index contributed by atoms with van der Waals surface area (Å²) in [5, 5.41) is 9.56. The zero-order chi connectivity index (χ0) is 17.7. The average Bonchev–Trinajstić information content (AvgIpc) is 3.11. The van der Waals surface area contributed by atoms with Crippen LogP contribution in [-0.4, -0.2) is 103 Å². The van der Waals surface area contributed by atoms with Crippen molar-refractivity contribution in [2.75, 3.05) is 48.8 Å². The van der Waals surface area contributed by atoms with Crippen molar-refractivity contribution in [3.8, 4) is 0 Å². The monoisotopic (exact) mass is 352 g/mol. The molecule has 0 unspecified atom stereocenters. The van der Waals surface area contributed by atoms with Crippen molar-refractivity contribution in [2.45, 2.75) is 49.2 Å². The van der Waals surface area contributed by atoms with Crippen LogP contribution in [0.5, 0.6) is 0 Å². The quantitative estimate of drug-likeness (QED) is 0.569. The Morgan fingerprint density at radius 3 is 1.79 bits per heavy atom. The highest BCUT2D eigenvalue weighted by Crippen LogP contribution is 2.33. The van der Waals surface area contributed by atoms with E-state index in [-0.39, 0.29) is 18.8 Å². The van der Waals surface area contributed by atoms with Gasteiger partial charge in [0.1, 0.15) is 36.6 Å². The Hall–Kier alpha value is -0.360. The molecule has 0 spiro atoms. The fourth-order valence-corrected chi connectivity index (χ4v) is 3.23. The maximum atomic E-state index is 9.56. The summed E-state index contributed by atoms with van der Waals surface area (Å²) in [4.78, 5) is 0. The number of methoxy groups -OCH3 is 5. The summed E-state index contributed by atoms with van der Waals surface area (Å²) < 4.78 is 44.4. The highest BCUT2D eigenvalue weighted by Gasteiger charge is 2.52. The van der Waals surface area contributed by atoms with E-state index in [1.54, 1.807) is 21.3 Å². The summed E-state index contributed by atoms with van der Waals surface area (Å²) in [5.74, 6) is 0. The van der Waals surface area contributed by atoms with Gasteiger partial charge in [-0.25, -0.2) is 0 Å². The summed E-state index contributed by atoms with van der Waals surface area (Å²) in [6.07, 6.45) is -4.14. The standard InChI is InChI=1S/C15H28O9/c1-17-7-9-10(18-2)12(19-3)15(23-9)24-11-8(6-16)22-14(21-5)13(11)20-4/h8-16H,6-7H2,1-5H3/t8-,9-,10-,11-,12+,13+,14+,15-/m1/s1. The third kappa shape index (κ3) is 3.90. The molecule has 142 valence electrons. The zero-order valence-electron chi connectivity index (χ0n) is 14.7. The molecule has 2 aliphatic rings. The van der Waals surface area contributed by atoms with Crippen molar-refractivity contribution in [3.05, 3.63) is 0 Å². The number of ether oxygens (including phenoxy) is 8. The molecule has 8 atom stereocenters. The van der Waals surface area contributed by atoms with Gasteiger partial charge >= 0.3 is 0 Å². The minimum Gasteiger partial charge on any atom is -0.394 e. The van der Waals surface area contributed by atoms with Crippen LogP contribution in [0.25, 0.3) is 0 Å². The van der Waals surface area contributed by atoms with Crippen LogP contribution in [0.4, 0.5) is 0 Å². The fourth-order valence-electron chi connectivity index (χ4n) is 3.23. The number of rotatable bonds is 9. The van der Waals surface area contributed by atoms with Gasteiger partial charge in [-0.1, -0.05) is 0 Å². The molecule has 1 N–H and O–H groups in total. The van der Waals surface area contributed by atoms with Crippen molar-refractivity contribution in [3.63, 3.8) is 0 Å². The van der Waals surface area contributed by atoms with Crippen LogP contribution in [0.1, 0.15) is 0 Å². The molecule has 0 aromatic carbocycles. The minimum absolute atomic E-state index is 0.232. The van der Waals surface area contributed by atoms with Crippen molar-refractivity contribution in [1.82, 2.24) is 0 Å². The lowest BCUT2D eigenvalue weighted by molar-refractivity contribution is -0.221. The molecule has 2 aliphatic heterocycles. The molecule has 0 bridgehead atoms. The Kier molecular flexibility index (Phi) is 7.79. The van der Waals surface area contributed by atoms with Crippen molar-refractivity contribution in [2.24, 2.45) is 0 Å². The van der Waals surface area contributed by atoms with E-state index in [0.717, 1.165) is 0 Å². The van der Waals surface area contributed by atoms with Gasteiger partial charge in [-0.05, 0) is 0 Å². The second kappa shape index (κ2) is 9.37. The molecule has 0 aromatic heterocycles. The SMILES string of the molecule is COC[C@H]1O[C@H](O[C@H]2[C@H](OC)[C@@H](OC)O[C@@H]2CO)[C@@H](OC)[C@@H]1OC. The Morgan fingerprint density at radius 1 is 0.708 bits per heavy atom. The molecule has 9 heteroatoms. The number of hydrogen-bond donors (Lipinski definition) is 1. The summed E-state index contributed by atoms with van der Waals surface area (Å²) in [6.45, 7) is 0.112. The molecule has 2 heterocycles. The molecule has 0 aromatic rings. The molecule has 2 rings (SSSR count). The fraction of sp³-hybridized carbons (Fsp3) is 1.00. The first-order chi connectivity index (χ1) is 11.6. The Bertz CT molecular complexity index is 369. The Morgan fingerprint density at radius 2 is 1.29 bits per heavy atom. The Balaban J connectivity index is 2.12. The second-order valence-electron chi connectivity index (χ2n) is 5.66. The molecule has 0 aliphatic carbocycles. The summed E-state index contributed by atoms with van der Waals surface area (Å²) in [7, 11) is 7.77. The number of aliphatic hydroxyl groups is 1.